The Bertz CT molecular complexity index is 1140. The number of carbonyl (C=O) groups excluding carboxylic acids is 2. The number of ether oxygens (including phenoxy) is 3. The van der Waals surface area contributed by atoms with Crippen LogP contribution in [0.2, 0.25) is 0 Å². The van der Waals surface area contributed by atoms with Crippen molar-refractivity contribution in [2.45, 2.75) is 13.0 Å². The van der Waals surface area contributed by atoms with Crippen molar-refractivity contribution in [3.63, 3.8) is 0 Å². The number of aromatic nitrogens is 3. The van der Waals surface area contributed by atoms with Gasteiger partial charge in [0.2, 0.25) is 17.8 Å². The number of benzene rings is 2. The van der Waals surface area contributed by atoms with Crippen LogP contribution in [-0.4, -0.2) is 54.4 Å². The van der Waals surface area contributed by atoms with Gasteiger partial charge >= 0.3 is 0 Å². The van der Waals surface area contributed by atoms with Gasteiger partial charge in [-0.1, -0.05) is 12.1 Å². The van der Waals surface area contributed by atoms with Gasteiger partial charge in [-0.05, 0) is 42.8 Å². The summed E-state index contributed by atoms with van der Waals surface area (Å²) in [6, 6.07) is 11.6. The first-order valence-corrected chi connectivity index (χ1v) is 10.0. The highest BCUT2D eigenvalue weighted by atomic mass is 16.5. The monoisotopic (exact) mass is 451 g/mol. The van der Waals surface area contributed by atoms with Crippen molar-refractivity contribution in [3.8, 4) is 28.6 Å². The number of H-pyrrole nitrogens is 1. The van der Waals surface area contributed by atoms with Crippen LogP contribution in [-0.2, 0) is 9.59 Å². The molecule has 1 atom stereocenters. The van der Waals surface area contributed by atoms with E-state index >= 15 is 0 Å². The van der Waals surface area contributed by atoms with Gasteiger partial charge in [-0.15, -0.1) is 5.10 Å². The maximum Gasteiger partial charge on any atom is 0.249 e. The van der Waals surface area contributed by atoms with Crippen molar-refractivity contribution in [2.75, 3.05) is 26.6 Å². The summed E-state index contributed by atoms with van der Waals surface area (Å²) in [7, 11) is 4.68. The molecule has 0 saturated carbocycles. The van der Waals surface area contributed by atoms with Crippen LogP contribution in [0.5, 0.6) is 17.2 Å². The fraction of sp³-hybridized carbons (Fsp3) is 0.217. The summed E-state index contributed by atoms with van der Waals surface area (Å²) in [6.07, 6.45) is 3.00. The average molecular weight is 451 g/mol. The standard InChI is InChI=1S/C23H25N5O5/c1-14(24-20(29)12-7-15-5-8-16(31-2)9-6-15)22(30)26-23-25-21(27-28-23)18-11-10-17(32-3)13-19(18)33-4/h5-14H,1-4H3,(H,24,29)(H2,25,26,27,28,30)/b12-7+. The molecule has 0 spiro atoms. The van der Waals surface area contributed by atoms with Crippen molar-refractivity contribution < 1.29 is 23.8 Å². The van der Waals surface area contributed by atoms with Crippen LogP contribution in [0, 0.1) is 0 Å². The Morgan fingerprint density at radius 1 is 1.00 bits per heavy atom. The molecule has 172 valence electrons. The number of hydrogen-bond donors (Lipinski definition) is 3. The van der Waals surface area contributed by atoms with E-state index in [0.29, 0.717) is 22.9 Å². The van der Waals surface area contributed by atoms with Gasteiger partial charge in [0.05, 0.1) is 26.9 Å². The molecular formula is C23H25N5O5. The van der Waals surface area contributed by atoms with Crippen LogP contribution in [0.25, 0.3) is 17.5 Å². The molecule has 0 radical (unpaired) electrons. The molecule has 2 amide bonds. The molecule has 0 saturated heterocycles. The number of amides is 2. The summed E-state index contributed by atoms with van der Waals surface area (Å²) in [4.78, 5) is 28.9. The maximum absolute atomic E-state index is 12.4. The van der Waals surface area contributed by atoms with E-state index in [-0.39, 0.29) is 5.95 Å². The molecule has 1 unspecified atom stereocenters. The van der Waals surface area contributed by atoms with E-state index in [1.807, 2.05) is 12.1 Å². The van der Waals surface area contributed by atoms with Gasteiger partial charge in [-0.3, -0.25) is 20.0 Å². The van der Waals surface area contributed by atoms with Crippen LogP contribution in [0.15, 0.2) is 48.5 Å². The normalized spacial score (nSPS) is 11.6. The summed E-state index contributed by atoms with van der Waals surface area (Å²) in [6.45, 7) is 1.56. The van der Waals surface area contributed by atoms with Gasteiger partial charge in [0, 0.05) is 12.1 Å². The molecule has 1 heterocycles. The van der Waals surface area contributed by atoms with Crippen molar-refractivity contribution in [1.82, 2.24) is 20.5 Å². The third kappa shape index (κ3) is 6.10. The second-order valence-corrected chi connectivity index (χ2v) is 6.90. The summed E-state index contributed by atoms with van der Waals surface area (Å²) >= 11 is 0. The first-order chi connectivity index (χ1) is 15.9. The Kier molecular flexibility index (Phi) is 7.64. The van der Waals surface area contributed by atoms with Crippen molar-refractivity contribution in [1.29, 1.82) is 0 Å². The van der Waals surface area contributed by atoms with Crippen LogP contribution in [0.3, 0.4) is 0 Å². The average Bonchev–Trinajstić information content (AvgIpc) is 3.30. The Morgan fingerprint density at radius 2 is 1.70 bits per heavy atom. The van der Waals surface area contributed by atoms with E-state index in [1.165, 1.54) is 13.2 Å². The van der Waals surface area contributed by atoms with Gasteiger partial charge in [-0.2, -0.15) is 4.98 Å². The minimum atomic E-state index is -0.810. The fourth-order valence-electron chi connectivity index (χ4n) is 2.86. The highest BCUT2D eigenvalue weighted by molar-refractivity contribution is 5.99. The molecule has 10 heteroatoms. The number of anilines is 1. The molecule has 3 rings (SSSR count). The highest BCUT2D eigenvalue weighted by Gasteiger charge is 2.18. The second-order valence-electron chi connectivity index (χ2n) is 6.90. The predicted octanol–water partition coefficient (Wildman–Crippen LogP) is 2.65. The van der Waals surface area contributed by atoms with Crippen molar-refractivity contribution >= 4 is 23.8 Å². The summed E-state index contributed by atoms with van der Waals surface area (Å²) < 4.78 is 15.7. The van der Waals surface area contributed by atoms with E-state index in [2.05, 4.69) is 25.8 Å². The largest absolute Gasteiger partial charge is 0.497 e. The van der Waals surface area contributed by atoms with Gasteiger partial charge in [0.15, 0.2) is 5.82 Å². The van der Waals surface area contributed by atoms with Crippen LogP contribution >= 0.6 is 0 Å². The lowest BCUT2D eigenvalue weighted by Gasteiger charge is -2.11. The molecule has 0 aliphatic rings. The summed E-state index contributed by atoms with van der Waals surface area (Å²) in [5.74, 6) is 1.50. The predicted molar refractivity (Wildman–Crippen MR) is 123 cm³/mol. The molecule has 1 aromatic heterocycles. The highest BCUT2D eigenvalue weighted by Crippen LogP contribution is 2.31. The number of hydrogen-bond acceptors (Lipinski definition) is 7. The van der Waals surface area contributed by atoms with E-state index in [0.717, 1.165) is 11.3 Å². The summed E-state index contributed by atoms with van der Waals surface area (Å²) in [5.41, 5.74) is 1.47. The van der Waals surface area contributed by atoms with E-state index in [1.54, 1.807) is 57.6 Å². The maximum atomic E-state index is 12.4. The smallest absolute Gasteiger partial charge is 0.249 e. The zero-order chi connectivity index (χ0) is 23.8. The first kappa shape index (κ1) is 23.3. The lowest BCUT2D eigenvalue weighted by atomic mass is 10.2. The van der Waals surface area contributed by atoms with E-state index in [4.69, 9.17) is 14.2 Å². The van der Waals surface area contributed by atoms with E-state index in [9.17, 15) is 9.59 Å². The number of nitrogens with zero attached hydrogens (tertiary/aromatic N) is 2. The number of nitrogens with one attached hydrogen (secondary N) is 3. The molecule has 33 heavy (non-hydrogen) atoms. The number of carbonyl (C=O) groups is 2. The molecule has 10 nitrogen and oxygen atoms in total. The summed E-state index contributed by atoms with van der Waals surface area (Å²) in [5, 5.41) is 11.9. The molecule has 0 fully saturated rings. The van der Waals surface area contributed by atoms with Crippen LogP contribution in [0.1, 0.15) is 12.5 Å². The topological polar surface area (TPSA) is 127 Å². The van der Waals surface area contributed by atoms with E-state index < -0.39 is 17.9 Å². The minimum Gasteiger partial charge on any atom is -0.497 e. The zero-order valence-electron chi connectivity index (χ0n) is 18.7. The Hall–Kier alpha value is -4.34. The Balaban J connectivity index is 1.58. The van der Waals surface area contributed by atoms with Gasteiger partial charge < -0.3 is 19.5 Å². The molecular weight excluding hydrogens is 426 g/mol. The van der Waals surface area contributed by atoms with Gasteiger partial charge in [0.1, 0.15) is 23.3 Å². The zero-order valence-corrected chi connectivity index (χ0v) is 18.7. The molecule has 0 bridgehead atoms. The van der Waals surface area contributed by atoms with Crippen LogP contribution in [0.4, 0.5) is 5.95 Å². The third-order valence-corrected chi connectivity index (χ3v) is 4.68. The van der Waals surface area contributed by atoms with Crippen LogP contribution < -0.4 is 24.8 Å². The number of aromatic amines is 1. The number of methoxy groups -OCH3 is 3. The van der Waals surface area contributed by atoms with Crippen molar-refractivity contribution in [3.05, 3.63) is 54.1 Å². The molecule has 3 N–H and O–H groups in total. The molecule has 3 aromatic rings. The lowest BCUT2D eigenvalue weighted by molar-refractivity contribution is -0.123. The van der Waals surface area contributed by atoms with Crippen molar-refractivity contribution in [2.24, 2.45) is 0 Å². The third-order valence-electron chi connectivity index (χ3n) is 4.68. The fourth-order valence-corrected chi connectivity index (χ4v) is 2.86. The Labute approximate surface area is 191 Å². The molecule has 0 aliphatic heterocycles. The minimum absolute atomic E-state index is 0.0720. The van der Waals surface area contributed by atoms with Gasteiger partial charge in [0.25, 0.3) is 0 Å². The number of rotatable bonds is 9. The first-order valence-electron chi connectivity index (χ1n) is 10.0. The SMILES string of the molecule is COc1ccc(/C=C/C(=O)NC(C)C(=O)Nc2n[nH]c(-c3ccc(OC)cc3OC)n2)cc1. The lowest BCUT2D eigenvalue weighted by Crippen LogP contribution is -2.41. The quantitative estimate of drug-likeness (QED) is 0.427. The Morgan fingerprint density at radius 3 is 2.36 bits per heavy atom. The van der Waals surface area contributed by atoms with Gasteiger partial charge in [-0.25, -0.2) is 0 Å². The molecule has 0 aliphatic carbocycles. The molecule has 2 aromatic carbocycles. The second kappa shape index (κ2) is 10.8.